The van der Waals surface area contributed by atoms with Gasteiger partial charge < -0.3 is 27.0 Å². The Bertz CT molecular complexity index is 1260. The average molecular weight is 541 g/mol. The maximum atomic E-state index is 13.2. The molecule has 6 N–H and O–H groups in total. The van der Waals surface area contributed by atoms with E-state index in [9.17, 15) is 34.6 Å². The van der Waals surface area contributed by atoms with Crippen LogP contribution in [0, 0.1) is 20.2 Å². The highest BCUT2D eigenvalue weighted by molar-refractivity contribution is 6.00. The Morgan fingerprint density at radius 1 is 1.00 bits per heavy atom. The average Bonchev–Trinajstić information content (AvgIpc) is 3.40. The van der Waals surface area contributed by atoms with Crippen molar-refractivity contribution in [2.75, 3.05) is 18.4 Å². The molecule has 1 aliphatic rings. The first-order valence-corrected chi connectivity index (χ1v) is 12.0. The van der Waals surface area contributed by atoms with Crippen LogP contribution >= 0.6 is 0 Å². The monoisotopic (exact) mass is 540 g/mol. The van der Waals surface area contributed by atoms with Crippen molar-refractivity contribution in [2.45, 2.75) is 37.8 Å². The molecule has 0 bridgehead atoms. The van der Waals surface area contributed by atoms with Crippen LogP contribution in [-0.2, 0) is 9.59 Å². The quantitative estimate of drug-likeness (QED) is 0.106. The van der Waals surface area contributed by atoms with E-state index in [1.54, 1.807) is 0 Å². The number of nitrogens with one attached hydrogen (secondary N) is 2. The summed E-state index contributed by atoms with van der Waals surface area (Å²) in [5.74, 6) is -1.67. The molecule has 0 aromatic heterocycles. The SMILES string of the molecule is NC(N)=NCCC[C@H](NC(=O)[C@@H]1CCCN1C(=O)c1ccc([N+](=O)[O-])cc1)C(=O)Nc1ccc([N+](=O)[O-])cc1. The van der Waals surface area contributed by atoms with Crippen LogP contribution in [0.25, 0.3) is 0 Å². The minimum Gasteiger partial charge on any atom is -0.370 e. The van der Waals surface area contributed by atoms with Crippen molar-refractivity contribution >= 4 is 40.7 Å². The van der Waals surface area contributed by atoms with E-state index in [2.05, 4.69) is 15.6 Å². The van der Waals surface area contributed by atoms with Crippen molar-refractivity contribution in [3.05, 3.63) is 74.3 Å². The van der Waals surface area contributed by atoms with Gasteiger partial charge in [0.1, 0.15) is 12.1 Å². The molecule has 15 heteroatoms. The van der Waals surface area contributed by atoms with E-state index in [1.807, 2.05) is 0 Å². The van der Waals surface area contributed by atoms with Crippen LogP contribution in [0.5, 0.6) is 0 Å². The third-order valence-electron chi connectivity index (χ3n) is 6.07. The minimum absolute atomic E-state index is 0.114. The van der Waals surface area contributed by atoms with Gasteiger partial charge in [-0.05, 0) is 49.9 Å². The van der Waals surface area contributed by atoms with E-state index in [0.29, 0.717) is 31.5 Å². The number of nitro benzene ring substituents is 2. The van der Waals surface area contributed by atoms with Gasteiger partial charge >= 0.3 is 0 Å². The molecular formula is C24H28N8O7. The van der Waals surface area contributed by atoms with E-state index >= 15 is 0 Å². The Kier molecular flexibility index (Phi) is 9.45. The first kappa shape index (κ1) is 28.5. The molecule has 39 heavy (non-hydrogen) atoms. The van der Waals surface area contributed by atoms with Crippen molar-refractivity contribution < 1.29 is 24.2 Å². The molecule has 0 unspecified atom stereocenters. The first-order chi connectivity index (χ1) is 18.6. The highest BCUT2D eigenvalue weighted by Gasteiger charge is 2.36. The second-order valence-electron chi connectivity index (χ2n) is 8.76. The zero-order chi connectivity index (χ0) is 28.5. The van der Waals surface area contributed by atoms with Crippen LogP contribution < -0.4 is 22.1 Å². The normalized spacial score (nSPS) is 15.2. The van der Waals surface area contributed by atoms with Crippen molar-refractivity contribution in [1.29, 1.82) is 0 Å². The van der Waals surface area contributed by atoms with E-state index in [1.165, 1.54) is 53.4 Å². The molecule has 2 aromatic carbocycles. The molecule has 0 radical (unpaired) electrons. The first-order valence-electron chi connectivity index (χ1n) is 12.0. The third kappa shape index (κ3) is 7.70. The number of non-ortho nitro benzene ring substituents is 2. The molecule has 206 valence electrons. The molecule has 1 heterocycles. The zero-order valence-electron chi connectivity index (χ0n) is 20.8. The molecule has 2 atom stereocenters. The van der Waals surface area contributed by atoms with Crippen LogP contribution in [0.4, 0.5) is 17.1 Å². The fraction of sp³-hybridized carbons (Fsp3) is 0.333. The second kappa shape index (κ2) is 12.9. The Labute approximate surface area is 222 Å². The molecule has 1 saturated heterocycles. The number of benzene rings is 2. The van der Waals surface area contributed by atoms with Gasteiger partial charge in [-0.25, -0.2) is 0 Å². The highest BCUT2D eigenvalue weighted by atomic mass is 16.6. The molecule has 15 nitrogen and oxygen atoms in total. The number of rotatable bonds is 11. The van der Waals surface area contributed by atoms with Gasteiger partial charge in [0.15, 0.2) is 5.96 Å². The van der Waals surface area contributed by atoms with Crippen molar-refractivity contribution in [2.24, 2.45) is 16.5 Å². The van der Waals surface area contributed by atoms with Crippen LogP contribution in [0.2, 0.25) is 0 Å². The van der Waals surface area contributed by atoms with Crippen LogP contribution in [-0.4, -0.2) is 63.6 Å². The maximum Gasteiger partial charge on any atom is 0.269 e. The molecule has 3 rings (SSSR count). The second-order valence-corrected chi connectivity index (χ2v) is 8.76. The van der Waals surface area contributed by atoms with Gasteiger partial charge in [-0.15, -0.1) is 0 Å². The molecule has 0 saturated carbocycles. The van der Waals surface area contributed by atoms with Gasteiger partial charge in [0.2, 0.25) is 11.8 Å². The lowest BCUT2D eigenvalue weighted by Crippen LogP contribution is -2.52. The van der Waals surface area contributed by atoms with Gasteiger partial charge in [-0.2, -0.15) is 0 Å². The van der Waals surface area contributed by atoms with Gasteiger partial charge in [0, 0.05) is 48.6 Å². The number of anilines is 1. The Morgan fingerprint density at radius 2 is 1.59 bits per heavy atom. The summed E-state index contributed by atoms with van der Waals surface area (Å²) in [4.78, 5) is 65.3. The number of nitrogens with zero attached hydrogens (tertiary/aromatic N) is 4. The number of nitrogens with two attached hydrogens (primary N) is 2. The molecular weight excluding hydrogens is 512 g/mol. The van der Waals surface area contributed by atoms with Crippen LogP contribution in [0.3, 0.4) is 0 Å². The van der Waals surface area contributed by atoms with Gasteiger partial charge in [-0.3, -0.25) is 39.6 Å². The van der Waals surface area contributed by atoms with Crippen molar-refractivity contribution in [1.82, 2.24) is 10.2 Å². The van der Waals surface area contributed by atoms with E-state index in [4.69, 9.17) is 11.5 Å². The number of nitro groups is 2. The van der Waals surface area contributed by atoms with Gasteiger partial charge in [-0.1, -0.05) is 0 Å². The van der Waals surface area contributed by atoms with Crippen LogP contribution in [0.1, 0.15) is 36.0 Å². The van der Waals surface area contributed by atoms with Crippen molar-refractivity contribution in [3.8, 4) is 0 Å². The van der Waals surface area contributed by atoms with Crippen molar-refractivity contribution in [3.63, 3.8) is 0 Å². The van der Waals surface area contributed by atoms with E-state index in [-0.39, 0.29) is 35.9 Å². The number of amides is 3. The number of likely N-dealkylation sites (tertiary alicyclic amines) is 1. The Morgan fingerprint density at radius 3 is 2.15 bits per heavy atom. The molecule has 0 aliphatic carbocycles. The summed E-state index contributed by atoms with van der Waals surface area (Å²) >= 11 is 0. The zero-order valence-corrected chi connectivity index (χ0v) is 20.8. The number of carbonyl (C=O) groups is 3. The summed E-state index contributed by atoms with van der Waals surface area (Å²) in [5.41, 5.74) is 10.9. The summed E-state index contributed by atoms with van der Waals surface area (Å²) < 4.78 is 0. The van der Waals surface area contributed by atoms with Crippen LogP contribution in [0.15, 0.2) is 53.5 Å². The minimum atomic E-state index is -1.01. The molecule has 3 amide bonds. The molecule has 2 aromatic rings. The Balaban J connectivity index is 1.72. The lowest BCUT2D eigenvalue weighted by molar-refractivity contribution is -0.385. The predicted molar refractivity (Wildman–Crippen MR) is 141 cm³/mol. The summed E-state index contributed by atoms with van der Waals surface area (Å²) in [5, 5.41) is 27.1. The number of carbonyl (C=O) groups excluding carboxylic acids is 3. The van der Waals surface area contributed by atoms with Gasteiger partial charge in [0.25, 0.3) is 17.3 Å². The molecule has 1 aliphatic heterocycles. The number of aliphatic imine (C=N–C) groups is 1. The maximum absolute atomic E-state index is 13.2. The lowest BCUT2D eigenvalue weighted by Gasteiger charge is -2.26. The lowest BCUT2D eigenvalue weighted by atomic mass is 10.1. The van der Waals surface area contributed by atoms with Gasteiger partial charge in [0.05, 0.1) is 9.85 Å². The van der Waals surface area contributed by atoms with E-state index < -0.39 is 39.7 Å². The summed E-state index contributed by atoms with van der Waals surface area (Å²) in [6, 6.07) is 8.45. The number of hydrogen-bond acceptors (Lipinski definition) is 8. The van der Waals surface area contributed by atoms with E-state index in [0.717, 1.165) is 0 Å². The highest BCUT2D eigenvalue weighted by Crippen LogP contribution is 2.22. The fourth-order valence-corrected chi connectivity index (χ4v) is 4.11. The standard InChI is InChI=1S/C24H28N8O7/c25-24(26)27-13-1-3-19(21(33)28-16-7-11-18(12-8-16)32(38)39)29-22(34)20-4-2-14-30(20)23(35)15-5-9-17(10-6-15)31(36)37/h5-12,19-20H,1-4,13-14H2,(H,28,33)(H,29,34)(H4,25,26,27)/t19-,20-/m0/s1. The predicted octanol–water partition coefficient (Wildman–Crippen LogP) is 1.28. The summed E-state index contributed by atoms with van der Waals surface area (Å²) in [6.45, 7) is 0.520. The number of guanidine groups is 1. The Hall–Kier alpha value is -5.08. The largest absolute Gasteiger partial charge is 0.370 e. The summed E-state index contributed by atoms with van der Waals surface area (Å²) in [6.07, 6.45) is 1.45. The summed E-state index contributed by atoms with van der Waals surface area (Å²) in [7, 11) is 0. The molecule has 0 spiro atoms. The fourth-order valence-electron chi connectivity index (χ4n) is 4.11. The molecule has 1 fully saturated rings. The third-order valence-corrected chi connectivity index (χ3v) is 6.07. The topological polar surface area (TPSA) is 229 Å². The number of hydrogen-bond donors (Lipinski definition) is 4. The smallest absolute Gasteiger partial charge is 0.269 e.